The molecule has 2 aromatic carbocycles. The fraction of sp³-hybridized carbons (Fsp3) is 0.188. The summed E-state index contributed by atoms with van der Waals surface area (Å²) in [6.07, 6.45) is 0.940. The van der Waals surface area contributed by atoms with Crippen molar-refractivity contribution in [3.05, 3.63) is 68.8 Å². The predicted molar refractivity (Wildman–Crippen MR) is 85.9 cm³/mol. The molecule has 2 aromatic rings. The van der Waals surface area contributed by atoms with Crippen molar-refractivity contribution in [1.82, 2.24) is 0 Å². The predicted octanol–water partition coefficient (Wildman–Crippen LogP) is 3.10. The first-order valence-corrected chi connectivity index (χ1v) is 7.30. The van der Waals surface area contributed by atoms with Crippen molar-refractivity contribution in [3.63, 3.8) is 0 Å². The van der Waals surface area contributed by atoms with Gasteiger partial charge in [0.2, 0.25) is 0 Å². The van der Waals surface area contributed by atoms with Crippen LogP contribution in [0, 0.1) is 3.57 Å². The molecular weight excluding hydrogens is 349 g/mol. The molecule has 0 bridgehead atoms. The fourth-order valence-corrected chi connectivity index (χ4v) is 2.39. The lowest BCUT2D eigenvalue weighted by atomic mass is 9.99. The smallest absolute Gasteiger partial charge is 0.141 e. The van der Waals surface area contributed by atoms with E-state index in [1.807, 2.05) is 48.5 Å². The zero-order chi connectivity index (χ0) is 13.7. The Kier molecular flexibility index (Phi) is 5.10. The molecule has 0 aromatic heterocycles. The van der Waals surface area contributed by atoms with Crippen LogP contribution >= 0.6 is 22.6 Å². The summed E-state index contributed by atoms with van der Waals surface area (Å²) in [5, 5.41) is 0. The Morgan fingerprint density at radius 2 is 1.58 bits per heavy atom. The molecule has 0 unspecified atom stereocenters. The van der Waals surface area contributed by atoms with Gasteiger partial charge in [-0.15, -0.1) is 0 Å². The van der Waals surface area contributed by atoms with E-state index in [1.165, 1.54) is 3.57 Å². The van der Waals surface area contributed by atoms with Crippen molar-refractivity contribution in [2.24, 2.45) is 5.73 Å². The van der Waals surface area contributed by atoms with E-state index >= 15 is 0 Å². The minimum absolute atomic E-state index is 0.224. The molecule has 0 saturated carbocycles. The van der Waals surface area contributed by atoms with E-state index in [4.69, 9.17) is 5.73 Å². The maximum Gasteiger partial charge on any atom is 0.141 e. The Morgan fingerprint density at radius 1 is 0.947 bits per heavy atom. The van der Waals surface area contributed by atoms with Crippen LogP contribution in [0.1, 0.15) is 16.7 Å². The van der Waals surface area contributed by atoms with Gasteiger partial charge in [0.1, 0.15) is 5.78 Å². The first-order chi connectivity index (χ1) is 9.19. The number of ketones is 1. The Morgan fingerprint density at radius 3 is 2.21 bits per heavy atom. The molecule has 0 saturated heterocycles. The Balaban J connectivity index is 2.03. The lowest BCUT2D eigenvalue weighted by Gasteiger charge is -2.07. The average Bonchev–Trinajstić information content (AvgIpc) is 2.42. The van der Waals surface area contributed by atoms with Crippen molar-refractivity contribution >= 4 is 28.4 Å². The second-order valence-electron chi connectivity index (χ2n) is 4.49. The van der Waals surface area contributed by atoms with Gasteiger partial charge in [0.05, 0.1) is 0 Å². The summed E-state index contributed by atoms with van der Waals surface area (Å²) in [6.45, 7) is 0.479. The molecule has 19 heavy (non-hydrogen) atoms. The standard InChI is InChI=1S/C16H16INO/c17-15-7-5-12(6-8-15)9-16(19)10-13-3-1-2-4-14(13)11-18/h1-8H,9-11,18H2. The van der Waals surface area contributed by atoms with Crippen molar-refractivity contribution in [3.8, 4) is 0 Å². The summed E-state index contributed by atoms with van der Waals surface area (Å²) in [5.41, 5.74) is 8.85. The fourth-order valence-electron chi connectivity index (χ4n) is 2.03. The van der Waals surface area contributed by atoms with Crippen LogP contribution in [-0.2, 0) is 24.2 Å². The van der Waals surface area contributed by atoms with Crippen LogP contribution in [0.4, 0.5) is 0 Å². The van der Waals surface area contributed by atoms with Crippen molar-refractivity contribution in [2.75, 3.05) is 0 Å². The Bertz CT molecular complexity index is 563. The molecule has 0 amide bonds. The third-order valence-electron chi connectivity index (χ3n) is 3.04. The van der Waals surface area contributed by atoms with Gasteiger partial charge in [-0.25, -0.2) is 0 Å². The number of hydrogen-bond donors (Lipinski definition) is 1. The third kappa shape index (κ3) is 4.14. The highest BCUT2D eigenvalue weighted by molar-refractivity contribution is 14.1. The average molecular weight is 365 g/mol. The summed E-state index contributed by atoms with van der Waals surface area (Å²) < 4.78 is 1.18. The van der Waals surface area contributed by atoms with Gasteiger partial charge in [0.15, 0.2) is 0 Å². The summed E-state index contributed by atoms with van der Waals surface area (Å²) >= 11 is 2.26. The number of rotatable bonds is 5. The number of carbonyl (C=O) groups excluding carboxylic acids is 1. The van der Waals surface area contributed by atoms with Gasteiger partial charge in [-0.05, 0) is 51.4 Å². The van der Waals surface area contributed by atoms with Gasteiger partial charge in [0.25, 0.3) is 0 Å². The van der Waals surface area contributed by atoms with Crippen LogP contribution in [0.25, 0.3) is 0 Å². The molecule has 2 N–H and O–H groups in total. The molecular formula is C16H16INO. The molecule has 2 nitrogen and oxygen atoms in total. The zero-order valence-electron chi connectivity index (χ0n) is 10.6. The Hall–Kier alpha value is -1.20. The molecule has 0 heterocycles. The van der Waals surface area contributed by atoms with Crippen LogP contribution in [0.15, 0.2) is 48.5 Å². The van der Waals surface area contributed by atoms with Crippen molar-refractivity contribution < 1.29 is 4.79 Å². The summed E-state index contributed by atoms with van der Waals surface area (Å²) in [4.78, 5) is 12.1. The van der Waals surface area contributed by atoms with E-state index in [0.717, 1.165) is 16.7 Å². The highest BCUT2D eigenvalue weighted by Gasteiger charge is 2.08. The topological polar surface area (TPSA) is 43.1 Å². The minimum atomic E-state index is 0.224. The van der Waals surface area contributed by atoms with Gasteiger partial charge in [0, 0.05) is 23.0 Å². The molecule has 3 heteroatoms. The van der Waals surface area contributed by atoms with Gasteiger partial charge in [-0.2, -0.15) is 0 Å². The summed E-state index contributed by atoms with van der Waals surface area (Å²) in [7, 11) is 0. The van der Waals surface area contributed by atoms with Crippen LogP contribution in [0.2, 0.25) is 0 Å². The number of nitrogens with two attached hydrogens (primary N) is 1. The highest BCUT2D eigenvalue weighted by atomic mass is 127. The van der Waals surface area contributed by atoms with E-state index in [0.29, 0.717) is 19.4 Å². The first-order valence-electron chi connectivity index (χ1n) is 6.22. The van der Waals surface area contributed by atoms with E-state index in [9.17, 15) is 4.79 Å². The third-order valence-corrected chi connectivity index (χ3v) is 3.76. The quantitative estimate of drug-likeness (QED) is 0.828. The van der Waals surface area contributed by atoms with Crippen LogP contribution in [-0.4, -0.2) is 5.78 Å². The van der Waals surface area contributed by atoms with Crippen molar-refractivity contribution in [1.29, 1.82) is 0 Å². The lowest BCUT2D eigenvalue weighted by Crippen LogP contribution is -2.10. The molecule has 0 aliphatic carbocycles. The summed E-state index contributed by atoms with van der Waals surface area (Å²) in [5.74, 6) is 0.224. The van der Waals surface area contributed by atoms with Crippen molar-refractivity contribution in [2.45, 2.75) is 19.4 Å². The van der Waals surface area contributed by atoms with Gasteiger partial charge in [-0.1, -0.05) is 36.4 Å². The molecule has 0 aliphatic heterocycles. The molecule has 98 valence electrons. The SMILES string of the molecule is NCc1ccccc1CC(=O)Cc1ccc(I)cc1. The second-order valence-corrected chi connectivity index (χ2v) is 5.74. The second kappa shape index (κ2) is 6.82. The molecule has 0 spiro atoms. The first kappa shape index (κ1) is 14.2. The molecule has 0 radical (unpaired) electrons. The van der Waals surface area contributed by atoms with E-state index in [2.05, 4.69) is 22.6 Å². The van der Waals surface area contributed by atoms with E-state index in [-0.39, 0.29) is 5.78 Å². The number of carbonyl (C=O) groups is 1. The highest BCUT2D eigenvalue weighted by Crippen LogP contribution is 2.12. The molecule has 0 atom stereocenters. The maximum absolute atomic E-state index is 12.1. The van der Waals surface area contributed by atoms with Crippen LogP contribution in [0.5, 0.6) is 0 Å². The van der Waals surface area contributed by atoms with E-state index < -0.39 is 0 Å². The summed E-state index contributed by atoms with van der Waals surface area (Å²) in [6, 6.07) is 15.9. The van der Waals surface area contributed by atoms with Gasteiger partial charge >= 0.3 is 0 Å². The Labute approximate surface area is 127 Å². The normalized spacial score (nSPS) is 10.4. The minimum Gasteiger partial charge on any atom is -0.326 e. The number of benzene rings is 2. The van der Waals surface area contributed by atoms with Gasteiger partial charge in [-0.3, -0.25) is 4.79 Å². The van der Waals surface area contributed by atoms with E-state index in [1.54, 1.807) is 0 Å². The molecule has 0 aliphatic rings. The number of hydrogen-bond acceptors (Lipinski definition) is 2. The van der Waals surface area contributed by atoms with Gasteiger partial charge < -0.3 is 5.73 Å². The maximum atomic E-state index is 12.1. The van der Waals surface area contributed by atoms with Crippen LogP contribution < -0.4 is 5.73 Å². The van der Waals surface area contributed by atoms with Crippen LogP contribution in [0.3, 0.4) is 0 Å². The molecule has 0 fully saturated rings. The number of halogens is 1. The monoisotopic (exact) mass is 365 g/mol. The molecule has 2 rings (SSSR count). The zero-order valence-corrected chi connectivity index (χ0v) is 12.8. The number of Topliss-reactive ketones (excluding diaryl/α,β-unsaturated/α-hetero) is 1. The lowest BCUT2D eigenvalue weighted by molar-refractivity contribution is -0.117. The largest absolute Gasteiger partial charge is 0.326 e.